The minimum atomic E-state index is -3.09. The minimum Gasteiger partial charge on any atom is -0.357 e. The molecule has 1 aromatic rings. The second-order valence-electron chi connectivity index (χ2n) is 7.09. The van der Waals surface area contributed by atoms with E-state index in [0.29, 0.717) is 26.1 Å². The number of aryl methyl sites for hydroxylation is 1. The van der Waals surface area contributed by atoms with Gasteiger partial charge in [-0.1, -0.05) is 36.7 Å². The number of rotatable bonds is 9. The van der Waals surface area contributed by atoms with Gasteiger partial charge in [-0.25, -0.2) is 12.7 Å². The van der Waals surface area contributed by atoms with Crippen LogP contribution in [0.3, 0.4) is 0 Å². The first-order valence-electron chi connectivity index (χ1n) is 10.2. The Hall–Kier alpha value is -1.31. The molecule has 0 bridgehead atoms. The fourth-order valence-electron chi connectivity index (χ4n) is 3.34. The Balaban J connectivity index is 1.81. The topological polar surface area (TPSA) is 73.8 Å². The summed E-state index contributed by atoms with van der Waals surface area (Å²) >= 11 is 6.20. The molecule has 1 aliphatic heterocycles. The van der Waals surface area contributed by atoms with Crippen LogP contribution in [0, 0.1) is 0 Å². The standard InChI is InChI=1S/C20H33ClN4O2S/c1-3-16-28(26,27)25-14-11-18(12-15-25)24-20(22-4-2)23-13-7-9-17-8-5-6-10-19(17)21/h5-6,8,10,18H,3-4,7,9,11-16H2,1-2H3,(H2,22,23,24). The number of aliphatic imine (C=N–C) groups is 1. The summed E-state index contributed by atoms with van der Waals surface area (Å²) in [6.45, 7) is 6.60. The summed E-state index contributed by atoms with van der Waals surface area (Å²) in [5, 5.41) is 7.55. The molecule has 6 nitrogen and oxygen atoms in total. The minimum absolute atomic E-state index is 0.237. The Morgan fingerprint density at radius 1 is 1.25 bits per heavy atom. The van der Waals surface area contributed by atoms with Gasteiger partial charge >= 0.3 is 0 Å². The molecule has 1 saturated heterocycles. The van der Waals surface area contributed by atoms with Gasteiger partial charge in [-0.2, -0.15) is 0 Å². The average Bonchev–Trinajstić information content (AvgIpc) is 2.67. The summed E-state index contributed by atoms with van der Waals surface area (Å²) in [5.74, 6) is 1.04. The lowest BCUT2D eigenvalue weighted by Crippen LogP contribution is -2.50. The van der Waals surface area contributed by atoms with Gasteiger partial charge in [0.1, 0.15) is 0 Å². The monoisotopic (exact) mass is 428 g/mol. The highest BCUT2D eigenvalue weighted by Gasteiger charge is 2.27. The van der Waals surface area contributed by atoms with Crippen LogP contribution in [0.15, 0.2) is 29.3 Å². The van der Waals surface area contributed by atoms with E-state index in [-0.39, 0.29) is 11.8 Å². The highest BCUT2D eigenvalue weighted by Crippen LogP contribution is 2.17. The van der Waals surface area contributed by atoms with E-state index in [1.54, 1.807) is 4.31 Å². The van der Waals surface area contributed by atoms with Gasteiger partial charge in [0.2, 0.25) is 10.0 Å². The number of halogens is 1. The summed E-state index contributed by atoms with van der Waals surface area (Å²) in [5.41, 5.74) is 1.15. The molecule has 0 amide bonds. The van der Waals surface area contributed by atoms with E-state index in [2.05, 4.69) is 21.7 Å². The smallest absolute Gasteiger partial charge is 0.214 e. The number of piperidine rings is 1. The number of hydrogen-bond acceptors (Lipinski definition) is 3. The van der Waals surface area contributed by atoms with Gasteiger partial charge < -0.3 is 10.6 Å². The molecule has 1 aromatic carbocycles. The Bertz CT molecular complexity index is 731. The fraction of sp³-hybridized carbons (Fsp3) is 0.650. The second kappa shape index (κ2) is 11.6. The predicted octanol–water partition coefficient (Wildman–Crippen LogP) is 3.03. The molecular formula is C20H33ClN4O2S. The molecule has 0 saturated carbocycles. The molecule has 1 heterocycles. The van der Waals surface area contributed by atoms with Gasteiger partial charge in [0.15, 0.2) is 5.96 Å². The first-order chi connectivity index (χ1) is 13.5. The van der Waals surface area contributed by atoms with Crippen LogP contribution < -0.4 is 10.6 Å². The van der Waals surface area contributed by atoms with E-state index in [0.717, 1.165) is 48.8 Å². The molecule has 8 heteroatoms. The van der Waals surface area contributed by atoms with Gasteiger partial charge in [0.05, 0.1) is 5.75 Å². The Morgan fingerprint density at radius 2 is 1.96 bits per heavy atom. The summed E-state index contributed by atoms with van der Waals surface area (Å²) in [4.78, 5) is 4.67. The molecule has 2 N–H and O–H groups in total. The van der Waals surface area contributed by atoms with Crippen LogP contribution in [0.5, 0.6) is 0 Å². The van der Waals surface area contributed by atoms with E-state index in [4.69, 9.17) is 11.6 Å². The molecule has 1 aliphatic rings. The molecule has 158 valence electrons. The van der Waals surface area contributed by atoms with E-state index in [1.165, 1.54) is 0 Å². The summed E-state index contributed by atoms with van der Waals surface area (Å²) in [6.07, 6.45) is 4.08. The van der Waals surface area contributed by atoms with Crippen molar-refractivity contribution in [3.8, 4) is 0 Å². The van der Waals surface area contributed by atoms with E-state index >= 15 is 0 Å². The molecule has 28 heavy (non-hydrogen) atoms. The van der Waals surface area contributed by atoms with Crippen LogP contribution in [-0.4, -0.2) is 56.7 Å². The lowest BCUT2D eigenvalue weighted by atomic mass is 10.1. The van der Waals surface area contributed by atoms with Crippen molar-refractivity contribution >= 4 is 27.6 Å². The average molecular weight is 429 g/mol. The summed E-state index contributed by atoms with van der Waals surface area (Å²) in [7, 11) is -3.09. The zero-order valence-corrected chi connectivity index (χ0v) is 18.5. The third-order valence-electron chi connectivity index (χ3n) is 4.83. The molecule has 1 fully saturated rings. The molecular weight excluding hydrogens is 396 g/mol. The van der Waals surface area contributed by atoms with Gasteiger partial charge in [-0.15, -0.1) is 0 Å². The van der Waals surface area contributed by atoms with E-state index in [9.17, 15) is 8.42 Å². The molecule has 0 aromatic heterocycles. The van der Waals surface area contributed by atoms with E-state index < -0.39 is 10.0 Å². The molecule has 0 aliphatic carbocycles. The van der Waals surface area contributed by atoms with Gasteiger partial charge in [-0.3, -0.25) is 4.99 Å². The number of benzene rings is 1. The largest absolute Gasteiger partial charge is 0.357 e. The molecule has 0 spiro atoms. The molecule has 0 radical (unpaired) electrons. The third kappa shape index (κ3) is 7.26. The first-order valence-corrected chi connectivity index (χ1v) is 12.2. The first kappa shape index (κ1) is 23.0. The number of sulfonamides is 1. The number of nitrogens with zero attached hydrogens (tertiary/aromatic N) is 2. The molecule has 0 unspecified atom stereocenters. The van der Waals surface area contributed by atoms with Crippen molar-refractivity contribution in [2.75, 3.05) is 31.9 Å². The number of guanidine groups is 1. The Morgan fingerprint density at radius 3 is 2.61 bits per heavy atom. The Kier molecular flexibility index (Phi) is 9.55. The van der Waals surface area contributed by atoms with Crippen molar-refractivity contribution in [2.45, 2.75) is 52.0 Å². The van der Waals surface area contributed by atoms with Crippen molar-refractivity contribution in [3.05, 3.63) is 34.9 Å². The van der Waals surface area contributed by atoms with Crippen molar-refractivity contribution in [1.82, 2.24) is 14.9 Å². The summed E-state index contributed by atoms with van der Waals surface area (Å²) < 4.78 is 26.0. The van der Waals surface area contributed by atoms with Crippen molar-refractivity contribution < 1.29 is 8.42 Å². The quantitative estimate of drug-likeness (QED) is 0.360. The van der Waals surface area contributed by atoms with Crippen molar-refractivity contribution in [2.24, 2.45) is 4.99 Å². The third-order valence-corrected chi connectivity index (χ3v) is 7.27. The van der Waals surface area contributed by atoms with Crippen LogP contribution in [-0.2, 0) is 16.4 Å². The normalized spacial score (nSPS) is 16.9. The maximum absolute atomic E-state index is 12.2. The van der Waals surface area contributed by atoms with Crippen LogP contribution in [0.2, 0.25) is 5.02 Å². The maximum Gasteiger partial charge on any atom is 0.214 e. The van der Waals surface area contributed by atoms with Gasteiger partial charge in [0, 0.05) is 37.2 Å². The molecule has 2 rings (SSSR count). The van der Waals surface area contributed by atoms with Crippen molar-refractivity contribution in [3.63, 3.8) is 0 Å². The van der Waals surface area contributed by atoms with Crippen molar-refractivity contribution in [1.29, 1.82) is 0 Å². The van der Waals surface area contributed by atoms with E-state index in [1.807, 2.05) is 32.0 Å². The lowest BCUT2D eigenvalue weighted by Gasteiger charge is -2.32. The molecule has 0 atom stereocenters. The lowest BCUT2D eigenvalue weighted by molar-refractivity contribution is 0.306. The van der Waals surface area contributed by atoms with Crippen LogP contribution in [0.25, 0.3) is 0 Å². The second-order valence-corrected chi connectivity index (χ2v) is 9.58. The zero-order chi connectivity index (χ0) is 20.4. The maximum atomic E-state index is 12.2. The predicted molar refractivity (Wildman–Crippen MR) is 118 cm³/mol. The van der Waals surface area contributed by atoms with Crippen LogP contribution >= 0.6 is 11.6 Å². The van der Waals surface area contributed by atoms with Gasteiger partial charge in [0.25, 0.3) is 0 Å². The summed E-state index contributed by atoms with van der Waals surface area (Å²) in [6, 6.07) is 8.16. The zero-order valence-electron chi connectivity index (χ0n) is 17.0. The van der Waals surface area contributed by atoms with Crippen LogP contribution in [0.1, 0.15) is 45.1 Å². The number of hydrogen-bond donors (Lipinski definition) is 2. The van der Waals surface area contributed by atoms with Crippen LogP contribution in [0.4, 0.5) is 0 Å². The van der Waals surface area contributed by atoms with Gasteiger partial charge in [-0.05, 0) is 50.7 Å². The highest BCUT2D eigenvalue weighted by atomic mass is 35.5. The number of nitrogens with one attached hydrogen (secondary N) is 2. The Labute approximate surface area is 174 Å². The highest BCUT2D eigenvalue weighted by molar-refractivity contribution is 7.89. The SMILES string of the molecule is CCCS(=O)(=O)N1CCC(NC(=NCCCc2ccccc2Cl)NCC)CC1. The fourth-order valence-corrected chi connectivity index (χ4v) is 5.11.